The summed E-state index contributed by atoms with van der Waals surface area (Å²) in [5.74, 6) is 0.262. The monoisotopic (exact) mass is 231 g/mol. The Morgan fingerprint density at radius 1 is 1.25 bits per heavy atom. The smallest absolute Gasteiger partial charge is 0.294 e. The summed E-state index contributed by atoms with van der Waals surface area (Å²) in [5, 5.41) is 9.52. The molecular weight excluding hydrogens is 214 g/mol. The van der Waals surface area contributed by atoms with Gasteiger partial charge in [-0.1, -0.05) is 20.8 Å². The maximum Gasteiger partial charge on any atom is 0.294 e. The van der Waals surface area contributed by atoms with Crippen molar-refractivity contribution in [3.8, 4) is 0 Å². The van der Waals surface area contributed by atoms with E-state index in [-0.39, 0.29) is 30.1 Å². The van der Waals surface area contributed by atoms with Crippen molar-refractivity contribution < 1.29 is 19.4 Å². The number of hydrogen-bond acceptors (Lipinski definition) is 5. The fourth-order valence-electron chi connectivity index (χ4n) is 2.41. The predicted molar refractivity (Wildman–Crippen MR) is 54.3 cm³/mol. The van der Waals surface area contributed by atoms with Gasteiger partial charge in [0, 0.05) is 5.92 Å². The lowest BCUT2D eigenvalue weighted by Gasteiger charge is -2.29. The molecule has 0 spiro atoms. The molecule has 0 saturated carbocycles. The highest BCUT2D eigenvalue weighted by atomic mass is 17.0. The van der Waals surface area contributed by atoms with Crippen molar-refractivity contribution in [1.29, 1.82) is 0 Å². The summed E-state index contributed by atoms with van der Waals surface area (Å²) in [4.78, 5) is 14.9. The molecule has 0 N–H and O–H groups in total. The van der Waals surface area contributed by atoms with Gasteiger partial charge in [-0.05, 0) is 5.41 Å². The molecule has 6 heteroatoms. The SMILES string of the molecule is CC(C)(C)C1COC2C(O[N+](=O)[O-])COC21. The third kappa shape index (κ3) is 1.99. The Hall–Kier alpha value is -0.880. The van der Waals surface area contributed by atoms with Crippen LogP contribution in [0.1, 0.15) is 20.8 Å². The second-order valence-corrected chi connectivity index (χ2v) is 5.44. The summed E-state index contributed by atoms with van der Waals surface area (Å²) in [6, 6.07) is 0. The van der Waals surface area contributed by atoms with Gasteiger partial charge in [-0.2, -0.15) is 0 Å². The molecule has 0 amide bonds. The fraction of sp³-hybridized carbons (Fsp3) is 1.00. The van der Waals surface area contributed by atoms with Crippen LogP contribution in [-0.2, 0) is 14.3 Å². The second-order valence-electron chi connectivity index (χ2n) is 5.44. The Morgan fingerprint density at radius 3 is 2.44 bits per heavy atom. The number of fused-ring (bicyclic) bond motifs is 1. The largest absolute Gasteiger partial charge is 0.373 e. The van der Waals surface area contributed by atoms with Gasteiger partial charge in [0.15, 0.2) is 6.10 Å². The maximum atomic E-state index is 10.3. The van der Waals surface area contributed by atoms with E-state index in [1.165, 1.54) is 0 Å². The molecule has 0 aromatic rings. The summed E-state index contributed by atoms with van der Waals surface area (Å²) in [5.41, 5.74) is 0.0723. The summed E-state index contributed by atoms with van der Waals surface area (Å²) >= 11 is 0. The van der Waals surface area contributed by atoms with Crippen molar-refractivity contribution in [2.45, 2.75) is 39.1 Å². The maximum absolute atomic E-state index is 10.3. The van der Waals surface area contributed by atoms with Gasteiger partial charge in [0.2, 0.25) is 0 Å². The molecule has 16 heavy (non-hydrogen) atoms. The lowest BCUT2D eigenvalue weighted by Crippen LogP contribution is -2.36. The zero-order valence-corrected chi connectivity index (χ0v) is 9.71. The highest BCUT2D eigenvalue weighted by molar-refractivity contribution is 4.98. The molecule has 2 heterocycles. The van der Waals surface area contributed by atoms with E-state index in [4.69, 9.17) is 9.47 Å². The van der Waals surface area contributed by atoms with Gasteiger partial charge in [0.25, 0.3) is 5.09 Å². The molecule has 0 aromatic carbocycles. The van der Waals surface area contributed by atoms with Crippen LogP contribution in [0, 0.1) is 21.4 Å². The van der Waals surface area contributed by atoms with Crippen LogP contribution in [0.3, 0.4) is 0 Å². The molecule has 0 aromatic heterocycles. The van der Waals surface area contributed by atoms with Gasteiger partial charge in [0.1, 0.15) is 6.10 Å². The van der Waals surface area contributed by atoms with E-state index >= 15 is 0 Å². The topological polar surface area (TPSA) is 70.8 Å². The minimum Gasteiger partial charge on any atom is -0.373 e. The van der Waals surface area contributed by atoms with E-state index < -0.39 is 11.2 Å². The molecule has 2 fully saturated rings. The highest BCUT2D eigenvalue weighted by Crippen LogP contribution is 2.41. The lowest BCUT2D eigenvalue weighted by atomic mass is 9.78. The Balaban J connectivity index is 2.03. The second kappa shape index (κ2) is 3.85. The van der Waals surface area contributed by atoms with Crippen LogP contribution in [0.4, 0.5) is 0 Å². The lowest BCUT2D eigenvalue weighted by molar-refractivity contribution is -0.769. The van der Waals surface area contributed by atoms with Gasteiger partial charge in [-0.25, -0.2) is 0 Å². The molecule has 6 nitrogen and oxygen atoms in total. The standard InChI is InChI=1S/C10H17NO5/c1-10(2,3)6-4-14-9-7(16-11(12)13)5-15-8(6)9/h6-9H,4-5H2,1-3H3. The van der Waals surface area contributed by atoms with Crippen molar-refractivity contribution in [2.24, 2.45) is 11.3 Å². The first-order chi connectivity index (χ1) is 7.39. The minimum absolute atomic E-state index is 0.0723. The van der Waals surface area contributed by atoms with Crippen molar-refractivity contribution in [3.63, 3.8) is 0 Å². The molecule has 2 aliphatic heterocycles. The van der Waals surface area contributed by atoms with Gasteiger partial charge in [-0.3, -0.25) is 0 Å². The van der Waals surface area contributed by atoms with Crippen molar-refractivity contribution in [3.05, 3.63) is 10.1 Å². The zero-order valence-electron chi connectivity index (χ0n) is 9.71. The van der Waals surface area contributed by atoms with Crippen LogP contribution < -0.4 is 0 Å². The average Bonchev–Trinajstić information content (AvgIpc) is 2.65. The minimum atomic E-state index is -0.774. The summed E-state index contributed by atoms with van der Waals surface area (Å²) in [6.45, 7) is 7.18. The Bertz CT molecular complexity index is 287. The molecule has 4 atom stereocenters. The first kappa shape index (κ1) is 11.6. The van der Waals surface area contributed by atoms with Gasteiger partial charge in [-0.15, -0.1) is 10.1 Å². The van der Waals surface area contributed by atoms with Crippen LogP contribution >= 0.6 is 0 Å². The van der Waals surface area contributed by atoms with Crippen LogP contribution in [0.5, 0.6) is 0 Å². The molecule has 0 aliphatic carbocycles. The van der Waals surface area contributed by atoms with Crippen LogP contribution in [-0.4, -0.2) is 36.6 Å². The van der Waals surface area contributed by atoms with Gasteiger partial charge >= 0.3 is 0 Å². The quantitative estimate of drug-likeness (QED) is 0.524. The molecule has 4 unspecified atom stereocenters. The van der Waals surface area contributed by atoms with Crippen molar-refractivity contribution in [1.82, 2.24) is 0 Å². The number of nitrogens with zero attached hydrogens (tertiary/aromatic N) is 1. The molecule has 2 aliphatic rings. The van der Waals surface area contributed by atoms with E-state index in [0.717, 1.165) is 0 Å². The molecule has 2 saturated heterocycles. The predicted octanol–water partition coefficient (Wildman–Crippen LogP) is 1.02. The number of rotatable bonds is 2. The van der Waals surface area contributed by atoms with E-state index in [0.29, 0.717) is 6.61 Å². The van der Waals surface area contributed by atoms with Crippen molar-refractivity contribution in [2.75, 3.05) is 13.2 Å². The first-order valence-electron chi connectivity index (χ1n) is 5.44. The van der Waals surface area contributed by atoms with Gasteiger partial charge < -0.3 is 14.3 Å². The Labute approximate surface area is 94.0 Å². The highest BCUT2D eigenvalue weighted by Gasteiger charge is 2.52. The van der Waals surface area contributed by atoms with Crippen LogP contribution in [0.25, 0.3) is 0 Å². The van der Waals surface area contributed by atoms with Gasteiger partial charge in [0.05, 0.1) is 19.3 Å². The van der Waals surface area contributed by atoms with Crippen LogP contribution in [0.2, 0.25) is 0 Å². The normalized spacial score (nSPS) is 38.4. The third-order valence-electron chi connectivity index (χ3n) is 3.34. The van der Waals surface area contributed by atoms with E-state index in [1.54, 1.807) is 0 Å². The molecule has 2 rings (SSSR count). The van der Waals surface area contributed by atoms with Crippen molar-refractivity contribution >= 4 is 0 Å². The first-order valence-corrected chi connectivity index (χ1v) is 5.44. The Morgan fingerprint density at radius 2 is 1.88 bits per heavy atom. The van der Waals surface area contributed by atoms with E-state index in [9.17, 15) is 10.1 Å². The molecular formula is C10H17NO5. The van der Waals surface area contributed by atoms with E-state index in [2.05, 4.69) is 25.6 Å². The molecule has 92 valence electrons. The summed E-state index contributed by atoms with van der Waals surface area (Å²) in [7, 11) is 0. The zero-order chi connectivity index (χ0) is 11.9. The fourth-order valence-corrected chi connectivity index (χ4v) is 2.41. The van der Waals surface area contributed by atoms with E-state index in [1.807, 2.05) is 0 Å². The third-order valence-corrected chi connectivity index (χ3v) is 3.34. The molecule has 0 radical (unpaired) electrons. The molecule has 0 bridgehead atoms. The number of ether oxygens (including phenoxy) is 2. The van der Waals surface area contributed by atoms with Crippen LogP contribution in [0.15, 0.2) is 0 Å². The summed E-state index contributed by atoms with van der Waals surface area (Å²) < 4.78 is 11.2. The number of hydrogen-bond donors (Lipinski definition) is 0. The summed E-state index contributed by atoms with van der Waals surface area (Å²) in [6.07, 6.45) is -0.952. The average molecular weight is 231 g/mol. The Kier molecular flexibility index (Phi) is 2.79.